The Morgan fingerprint density at radius 3 is 2.30 bits per heavy atom. The van der Waals surface area contributed by atoms with E-state index in [-0.39, 0.29) is 6.10 Å². The van der Waals surface area contributed by atoms with Crippen LogP contribution < -0.4 is 0 Å². The summed E-state index contributed by atoms with van der Waals surface area (Å²) in [6.07, 6.45) is 15.1. The lowest BCUT2D eigenvalue weighted by Gasteiger charge is -2.61. The molecule has 0 saturated heterocycles. The smallest absolute Gasteiger partial charge is 0.266 e. The van der Waals surface area contributed by atoms with E-state index in [2.05, 4.69) is 34.6 Å². The molecule has 0 heterocycles. The maximum Gasteiger partial charge on any atom is 0.281 e. The Kier molecular flexibility index (Phi) is 7.90. The van der Waals surface area contributed by atoms with Gasteiger partial charge >= 0.3 is 0 Å². The molecule has 0 aromatic heterocycles. The van der Waals surface area contributed by atoms with E-state index in [0.29, 0.717) is 16.7 Å². The number of fused-ring (bicyclic) bond motifs is 5. The van der Waals surface area contributed by atoms with E-state index in [1.807, 2.05) is 0 Å². The van der Waals surface area contributed by atoms with Gasteiger partial charge in [0.1, 0.15) is 5.21 Å². The average molecular weight is 501 g/mol. The molecule has 4 fully saturated rings. The molecule has 4 saturated carbocycles. The molecule has 5 heteroatoms. The third-order valence-corrected chi connectivity index (χ3v) is 12.9. The Labute approximate surface area is 209 Å². The van der Waals surface area contributed by atoms with Crippen molar-refractivity contribution in [3.8, 4) is 0 Å². The number of rotatable bonds is 8. The Morgan fingerprint density at radius 2 is 1.61 bits per heavy atom. The van der Waals surface area contributed by atoms with Crippen molar-refractivity contribution in [1.29, 1.82) is 0 Å². The van der Waals surface area contributed by atoms with E-state index in [1.54, 1.807) is 0 Å². The lowest BCUT2D eigenvalue weighted by atomic mass is 9.44. The van der Waals surface area contributed by atoms with E-state index >= 15 is 0 Å². The third kappa shape index (κ3) is 5.06. The van der Waals surface area contributed by atoms with Crippen LogP contribution in [0.3, 0.4) is 0 Å². The number of alkyl halides is 1. The maximum atomic E-state index is 11.9. The van der Waals surface area contributed by atoms with Gasteiger partial charge in [-0.25, -0.2) is 0 Å². The number of hydrogen-bond acceptors (Lipinski definition) is 3. The molecule has 9 atom stereocenters. The summed E-state index contributed by atoms with van der Waals surface area (Å²) < 4.78 is 29.3. The summed E-state index contributed by atoms with van der Waals surface area (Å²) in [6.45, 7) is 12.5. The Morgan fingerprint density at radius 1 is 0.909 bits per heavy atom. The van der Waals surface area contributed by atoms with Crippen LogP contribution >= 0.6 is 11.6 Å². The first-order valence-electron chi connectivity index (χ1n) is 14.0. The molecule has 0 amide bonds. The summed E-state index contributed by atoms with van der Waals surface area (Å²) in [6, 6.07) is 0. The molecule has 33 heavy (non-hydrogen) atoms. The topological polar surface area (TPSA) is 43.4 Å². The first-order valence-corrected chi connectivity index (χ1v) is 16.1. The zero-order chi connectivity index (χ0) is 24.0. The van der Waals surface area contributed by atoms with Crippen molar-refractivity contribution < 1.29 is 12.6 Å². The van der Waals surface area contributed by atoms with Gasteiger partial charge in [-0.3, -0.25) is 4.18 Å². The van der Waals surface area contributed by atoms with Crippen molar-refractivity contribution in [1.82, 2.24) is 0 Å². The minimum atomic E-state index is -3.58. The molecule has 0 bridgehead atoms. The Bertz CT molecular complexity index is 782. The second kappa shape index (κ2) is 9.92. The van der Waals surface area contributed by atoms with E-state index in [0.717, 1.165) is 54.8 Å². The lowest BCUT2D eigenvalue weighted by molar-refractivity contribution is -0.126. The van der Waals surface area contributed by atoms with Gasteiger partial charge in [-0.05, 0) is 110 Å². The standard InChI is InChI=1S/C28H49ClO3S/c1-19(2)7-6-8-20(3)24-11-12-25-23-10-9-21-17-22(32-33(30,31)18-29)13-15-27(21,4)26(23)14-16-28(24,25)5/h19-26H,6-18H2,1-5H3/t20-,21-,22+,23+,24-,25+,26+,27+,28-/m1/s1. The van der Waals surface area contributed by atoms with Crippen molar-refractivity contribution in [2.75, 3.05) is 5.21 Å². The van der Waals surface area contributed by atoms with Gasteiger partial charge in [0.25, 0.3) is 10.1 Å². The van der Waals surface area contributed by atoms with Crippen LogP contribution in [-0.4, -0.2) is 19.7 Å². The minimum absolute atomic E-state index is 0.167. The normalized spacial score (nSPS) is 44.2. The minimum Gasteiger partial charge on any atom is -0.266 e. The van der Waals surface area contributed by atoms with Crippen LogP contribution in [0, 0.1) is 52.3 Å². The van der Waals surface area contributed by atoms with Crippen LogP contribution in [0.4, 0.5) is 0 Å². The van der Waals surface area contributed by atoms with Crippen LogP contribution in [0.15, 0.2) is 0 Å². The molecule has 0 N–H and O–H groups in total. The number of hydrogen-bond donors (Lipinski definition) is 0. The number of halogens is 1. The highest BCUT2D eigenvalue weighted by Crippen LogP contribution is 2.68. The van der Waals surface area contributed by atoms with Crippen molar-refractivity contribution in [3.63, 3.8) is 0 Å². The van der Waals surface area contributed by atoms with Gasteiger partial charge in [-0.15, -0.1) is 11.6 Å². The highest BCUT2D eigenvalue weighted by molar-refractivity contribution is 7.87. The molecule has 4 aliphatic carbocycles. The first kappa shape index (κ1) is 26.3. The highest BCUT2D eigenvalue weighted by atomic mass is 35.5. The zero-order valence-electron chi connectivity index (χ0n) is 21.8. The van der Waals surface area contributed by atoms with Gasteiger partial charge in [0, 0.05) is 0 Å². The van der Waals surface area contributed by atoms with Crippen LogP contribution in [-0.2, 0) is 14.3 Å². The molecule has 0 aromatic carbocycles. The Hall–Kier alpha value is 0.200. The van der Waals surface area contributed by atoms with Gasteiger partial charge < -0.3 is 0 Å². The van der Waals surface area contributed by atoms with Crippen LogP contribution in [0.25, 0.3) is 0 Å². The van der Waals surface area contributed by atoms with E-state index in [1.165, 1.54) is 57.8 Å². The van der Waals surface area contributed by atoms with Crippen LogP contribution in [0.5, 0.6) is 0 Å². The second-order valence-corrected chi connectivity index (χ2v) is 15.5. The largest absolute Gasteiger partial charge is 0.281 e. The van der Waals surface area contributed by atoms with Gasteiger partial charge in [0.15, 0.2) is 0 Å². The molecular formula is C28H49ClO3S. The fourth-order valence-electron chi connectivity index (χ4n) is 9.56. The maximum absolute atomic E-state index is 11.9. The molecule has 0 radical (unpaired) electrons. The summed E-state index contributed by atoms with van der Waals surface area (Å²) in [4.78, 5) is 0. The van der Waals surface area contributed by atoms with Crippen molar-refractivity contribution >= 4 is 21.7 Å². The molecule has 0 spiro atoms. The SMILES string of the molecule is CC(C)CCC[C@@H](C)[C@H]1CC[C@H]2[C@@H]3CC[C@@H]4C[C@@H](OS(=O)(=O)CCl)CC[C@]4(C)[C@H]3CC[C@]12C. The van der Waals surface area contributed by atoms with Crippen molar-refractivity contribution in [2.45, 2.75) is 118 Å². The van der Waals surface area contributed by atoms with E-state index in [4.69, 9.17) is 15.8 Å². The molecule has 3 nitrogen and oxygen atoms in total. The van der Waals surface area contributed by atoms with Crippen molar-refractivity contribution in [3.05, 3.63) is 0 Å². The molecule has 4 rings (SSSR count). The first-order chi connectivity index (χ1) is 15.5. The second-order valence-electron chi connectivity index (χ2n) is 13.3. The summed E-state index contributed by atoms with van der Waals surface area (Å²) in [5.74, 6) is 5.78. The summed E-state index contributed by atoms with van der Waals surface area (Å²) >= 11 is 5.60. The third-order valence-electron chi connectivity index (χ3n) is 11.2. The molecular weight excluding hydrogens is 452 g/mol. The monoisotopic (exact) mass is 500 g/mol. The lowest BCUT2D eigenvalue weighted by Crippen LogP contribution is -2.54. The molecule has 0 aromatic rings. The van der Waals surface area contributed by atoms with Crippen LogP contribution in [0.1, 0.15) is 112 Å². The highest BCUT2D eigenvalue weighted by Gasteiger charge is 2.60. The van der Waals surface area contributed by atoms with E-state index < -0.39 is 15.3 Å². The van der Waals surface area contributed by atoms with E-state index in [9.17, 15) is 8.42 Å². The zero-order valence-corrected chi connectivity index (χ0v) is 23.4. The fraction of sp³-hybridized carbons (Fsp3) is 1.00. The summed E-state index contributed by atoms with van der Waals surface area (Å²) in [5.41, 5.74) is 0.895. The van der Waals surface area contributed by atoms with Gasteiger partial charge in [-0.1, -0.05) is 53.9 Å². The molecule has 192 valence electrons. The predicted octanol–water partition coefficient (Wildman–Crippen LogP) is 8.02. The van der Waals surface area contributed by atoms with Crippen LogP contribution in [0.2, 0.25) is 0 Å². The molecule has 0 aliphatic heterocycles. The molecule has 4 aliphatic rings. The fourth-order valence-corrected chi connectivity index (χ4v) is 10.4. The Balaban J connectivity index is 1.42. The predicted molar refractivity (Wildman–Crippen MR) is 138 cm³/mol. The summed E-state index contributed by atoms with van der Waals surface area (Å²) in [5, 5.41) is -0.437. The molecule has 0 unspecified atom stereocenters. The van der Waals surface area contributed by atoms with Gasteiger partial charge in [-0.2, -0.15) is 8.42 Å². The van der Waals surface area contributed by atoms with Gasteiger partial charge in [0.05, 0.1) is 6.10 Å². The van der Waals surface area contributed by atoms with Crippen molar-refractivity contribution in [2.24, 2.45) is 52.3 Å². The van der Waals surface area contributed by atoms with Gasteiger partial charge in [0.2, 0.25) is 0 Å². The summed E-state index contributed by atoms with van der Waals surface area (Å²) in [7, 11) is -3.58. The quantitative estimate of drug-likeness (QED) is 0.250. The average Bonchev–Trinajstić information content (AvgIpc) is 3.11.